The van der Waals surface area contributed by atoms with Crippen LogP contribution >= 0.6 is 0 Å². The second kappa shape index (κ2) is 14.4. The summed E-state index contributed by atoms with van der Waals surface area (Å²) in [6.45, 7) is 5.92. The fraction of sp³-hybridized carbons (Fsp3) is 0.316. The molecule has 1 unspecified atom stereocenters. The molecular formula is C38H42N2O5. The number of rotatable bonds is 12. The molecule has 7 nitrogen and oxygen atoms in total. The van der Waals surface area contributed by atoms with E-state index in [1.807, 2.05) is 72.8 Å². The smallest absolute Gasteiger partial charge is 0.327 e. The topological polar surface area (TPSA) is 90.3 Å². The molecule has 0 bridgehead atoms. The lowest BCUT2D eigenvalue weighted by Crippen LogP contribution is -2.42. The van der Waals surface area contributed by atoms with Crippen molar-refractivity contribution in [2.75, 3.05) is 25.1 Å². The van der Waals surface area contributed by atoms with Crippen LogP contribution in [0.3, 0.4) is 0 Å². The first-order valence-electron chi connectivity index (χ1n) is 15.6. The highest BCUT2D eigenvalue weighted by Gasteiger charge is 2.35. The Morgan fingerprint density at radius 2 is 1.64 bits per heavy atom. The second-order valence-corrected chi connectivity index (χ2v) is 12.0. The van der Waals surface area contributed by atoms with Crippen molar-refractivity contribution in [3.8, 4) is 11.5 Å². The van der Waals surface area contributed by atoms with Crippen LogP contribution in [-0.2, 0) is 11.2 Å². The van der Waals surface area contributed by atoms with Gasteiger partial charge in [0, 0.05) is 36.7 Å². The summed E-state index contributed by atoms with van der Waals surface area (Å²) in [5, 5.41) is 20.8. The molecule has 1 aliphatic heterocycles. The number of carbonyl (C=O) groups excluding carboxylic acids is 1. The molecule has 1 saturated heterocycles. The lowest BCUT2D eigenvalue weighted by Gasteiger charge is -2.43. The Morgan fingerprint density at radius 3 is 2.33 bits per heavy atom. The van der Waals surface area contributed by atoms with Gasteiger partial charge in [0.05, 0.1) is 12.8 Å². The van der Waals surface area contributed by atoms with E-state index in [0.29, 0.717) is 41.1 Å². The minimum Gasteiger partial charge on any atom is -0.508 e. The molecule has 1 heterocycles. The van der Waals surface area contributed by atoms with Gasteiger partial charge in [-0.2, -0.15) is 0 Å². The van der Waals surface area contributed by atoms with Crippen molar-refractivity contribution < 1.29 is 24.5 Å². The molecule has 0 radical (unpaired) electrons. The number of hydrogen-bond acceptors (Lipinski definition) is 6. The van der Waals surface area contributed by atoms with E-state index in [2.05, 4.69) is 24.8 Å². The minimum atomic E-state index is -0.984. The maximum absolute atomic E-state index is 14.1. The number of nitrogens with zero attached hydrogens (tertiary/aromatic N) is 2. The number of carboxylic acids is 1. The Hall–Kier alpha value is -4.62. The first kappa shape index (κ1) is 31.8. The van der Waals surface area contributed by atoms with Gasteiger partial charge in [-0.15, -0.1) is 0 Å². The third-order valence-electron chi connectivity index (χ3n) is 9.18. The van der Waals surface area contributed by atoms with Gasteiger partial charge in [-0.3, -0.25) is 9.69 Å². The molecule has 0 aromatic heterocycles. The fourth-order valence-corrected chi connectivity index (χ4v) is 6.54. The zero-order chi connectivity index (χ0) is 31.9. The van der Waals surface area contributed by atoms with Gasteiger partial charge < -0.3 is 19.8 Å². The van der Waals surface area contributed by atoms with Gasteiger partial charge >= 0.3 is 5.97 Å². The Balaban J connectivity index is 1.47. The lowest BCUT2D eigenvalue weighted by molar-refractivity contribution is -0.138. The molecule has 0 saturated carbocycles. The number of carbonyl (C=O) groups is 2. The van der Waals surface area contributed by atoms with Gasteiger partial charge in [0.15, 0.2) is 5.78 Å². The monoisotopic (exact) mass is 606 g/mol. The third kappa shape index (κ3) is 7.37. The fourth-order valence-electron chi connectivity index (χ4n) is 6.54. The summed E-state index contributed by atoms with van der Waals surface area (Å²) < 4.78 is 5.36. The first-order chi connectivity index (χ1) is 21.8. The van der Waals surface area contributed by atoms with E-state index < -0.39 is 12.0 Å². The number of para-hydroxylation sites is 1. The van der Waals surface area contributed by atoms with Crippen LogP contribution in [0.25, 0.3) is 0 Å². The van der Waals surface area contributed by atoms with Gasteiger partial charge in [0.2, 0.25) is 0 Å². The van der Waals surface area contributed by atoms with Crippen LogP contribution in [0.4, 0.5) is 11.4 Å². The Bertz CT molecular complexity index is 1590. The van der Waals surface area contributed by atoms with E-state index in [4.69, 9.17) is 4.74 Å². The number of ketones is 1. The van der Waals surface area contributed by atoms with E-state index in [1.54, 1.807) is 36.3 Å². The number of hydrogen-bond donors (Lipinski definition) is 2. The number of methoxy groups -OCH3 is 1. The summed E-state index contributed by atoms with van der Waals surface area (Å²) in [6.07, 6.45) is 1.56. The van der Waals surface area contributed by atoms with Gasteiger partial charge in [0.1, 0.15) is 17.5 Å². The number of piperidine rings is 1. The Morgan fingerprint density at radius 1 is 0.933 bits per heavy atom. The van der Waals surface area contributed by atoms with Crippen molar-refractivity contribution >= 4 is 23.1 Å². The summed E-state index contributed by atoms with van der Waals surface area (Å²) in [6, 6.07) is 30.7. The molecule has 0 aliphatic carbocycles. The number of aromatic hydroxyl groups is 1. The molecule has 45 heavy (non-hydrogen) atoms. The van der Waals surface area contributed by atoms with E-state index in [1.165, 1.54) is 0 Å². The average molecular weight is 607 g/mol. The zero-order valence-electron chi connectivity index (χ0n) is 26.2. The molecule has 0 spiro atoms. The zero-order valence-corrected chi connectivity index (χ0v) is 26.2. The quantitative estimate of drug-likeness (QED) is 0.161. The molecule has 7 heteroatoms. The Labute approximate surface area is 265 Å². The van der Waals surface area contributed by atoms with Crippen molar-refractivity contribution in [2.24, 2.45) is 11.8 Å². The van der Waals surface area contributed by atoms with Crippen LogP contribution in [0.5, 0.6) is 11.5 Å². The van der Waals surface area contributed by atoms with Gasteiger partial charge in [-0.25, -0.2) is 4.79 Å². The predicted molar refractivity (Wildman–Crippen MR) is 177 cm³/mol. The van der Waals surface area contributed by atoms with E-state index in [9.17, 15) is 19.8 Å². The van der Waals surface area contributed by atoms with Crippen LogP contribution in [0.1, 0.15) is 54.2 Å². The highest BCUT2D eigenvalue weighted by molar-refractivity contribution is 6.03. The average Bonchev–Trinajstić information content (AvgIpc) is 3.05. The largest absolute Gasteiger partial charge is 0.508 e. The van der Waals surface area contributed by atoms with E-state index in [-0.39, 0.29) is 30.4 Å². The standard InChI is InChI=1S/C38H42N2O5/c1-26-20-22-39(37(27(26)2)29-12-9-13-31(41)25-29)23-21-36(42)33-14-7-8-15-34(33)40(30-16-18-32(45-3)19-17-30)35(38(43)44)24-28-10-5-4-6-11-28/h4-19,25-27,35,37,41H,20-24H2,1-3H3,(H,43,44)/t26-,27-,35+,37?/m1/s1. The molecule has 1 fully saturated rings. The lowest BCUT2D eigenvalue weighted by atomic mass is 9.79. The third-order valence-corrected chi connectivity index (χ3v) is 9.18. The van der Waals surface area contributed by atoms with E-state index >= 15 is 0 Å². The number of Topliss-reactive ketones (excluding diaryl/α,β-unsaturated/α-hetero) is 1. The molecular weight excluding hydrogens is 564 g/mol. The number of phenolic OH excluding ortho intramolecular Hbond substituents is 1. The van der Waals surface area contributed by atoms with Crippen molar-refractivity contribution in [1.82, 2.24) is 4.90 Å². The van der Waals surface area contributed by atoms with Gasteiger partial charge in [-0.05, 0) is 84.5 Å². The first-order valence-corrected chi connectivity index (χ1v) is 15.6. The molecule has 5 rings (SSSR count). The Kier molecular flexibility index (Phi) is 10.2. The highest BCUT2D eigenvalue weighted by atomic mass is 16.5. The summed E-state index contributed by atoms with van der Waals surface area (Å²) in [7, 11) is 1.59. The number of anilines is 2. The van der Waals surface area contributed by atoms with Crippen molar-refractivity contribution in [2.45, 2.75) is 45.2 Å². The number of carboxylic acid groups (broad SMARTS) is 1. The van der Waals surface area contributed by atoms with Crippen molar-refractivity contribution in [3.63, 3.8) is 0 Å². The molecule has 234 valence electrons. The summed E-state index contributed by atoms with van der Waals surface area (Å²) in [5.74, 6) is 0.731. The van der Waals surface area contributed by atoms with Crippen molar-refractivity contribution in [3.05, 3.63) is 120 Å². The number of phenols is 1. The summed E-state index contributed by atoms with van der Waals surface area (Å²) in [4.78, 5) is 31.1. The van der Waals surface area contributed by atoms with Gasteiger partial charge in [0.25, 0.3) is 0 Å². The summed E-state index contributed by atoms with van der Waals surface area (Å²) >= 11 is 0. The number of benzene rings is 4. The summed E-state index contributed by atoms with van der Waals surface area (Å²) in [5.41, 5.74) is 3.64. The van der Waals surface area contributed by atoms with Crippen LogP contribution in [-0.4, -0.2) is 53.1 Å². The normalized spacial score (nSPS) is 19.0. The minimum absolute atomic E-state index is 0.0473. The molecule has 1 aliphatic rings. The number of aliphatic carboxylic acids is 1. The maximum Gasteiger partial charge on any atom is 0.327 e. The second-order valence-electron chi connectivity index (χ2n) is 12.0. The highest BCUT2D eigenvalue weighted by Crippen LogP contribution is 2.40. The number of likely N-dealkylation sites (tertiary alicyclic amines) is 1. The molecule has 0 amide bonds. The molecule has 4 aromatic rings. The van der Waals surface area contributed by atoms with Crippen LogP contribution in [0.15, 0.2) is 103 Å². The maximum atomic E-state index is 14.1. The molecule has 4 aromatic carbocycles. The van der Waals surface area contributed by atoms with Crippen LogP contribution in [0.2, 0.25) is 0 Å². The van der Waals surface area contributed by atoms with Crippen molar-refractivity contribution in [1.29, 1.82) is 0 Å². The number of ether oxygens (including phenoxy) is 1. The molecule has 4 atom stereocenters. The SMILES string of the molecule is COc1ccc(N(c2ccccc2C(=O)CCN2CC[C@@H](C)[C@@H](C)C2c2cccc(O)c2)[C@@H](Cc2ccccc2)C(=O)O)cc1. The van der Waals surface area contributed by atoms with E-state index in [0.717, 1.165) is 24.1 Å². The van der Waals surface area contributed by atoms with Crippen LogP contribution < -0.4 is 9.64 Å². The molecule has 2 N–H and O–H groups in total. The predicted octanol–water partition coefficient (Wildman–Crippen LogP) is 7.53. The van der Waals surface area contributed by atoms with Crippen LogP contribution in [0, 0.1) is 11.8 Å². The van der Waals surface area contributed by atoms with Gasteiger partial charge in [-0.1, -0.05) is 68.4 Å².